The van der Waals surface area contributed by atoms with Crippen LogP contribution in [0.4, 0.5) is 0 Å². The fraction of sp³-hybridized carbons (Fsp3) is 0.304. The van der Waals surface area contributed by atoms with Crippen molar-refractivity contribution in [2.45, 2.75) is 13.5 Å². The number of carbonyl (C=O) groups is 1. The first-order chi connectivity index (χ1) is 15.2. The van der Waals surface area contributed by atoms with Gasteiger partial charge in [0.2, 0.25) is 10.0 Å². The number of rotatable bonds is 5. The van der Waals surface area contributed by atoms with E-state index in [4.69, 9.17) is 9.15 Å². The number of amides is 1. The maximum atomic E-state index is 12.7. The van der Waals surface area contributed by atoms with Crippen molar-refractivity contribution in [3.63, 3.8) is 0 Å². The molecule has 0 aliphatic carbocycles. The maximum Gasteiger partial charge on any atom is 0.336 e. The Bertz CT molecular complexity index is 1310. The molecule has 0 saturated carbocycles. The molecule has 1 aliphatic rings. The molecule has 0 spiro atoms. The van der Waals surface area contributed by atoms with E-state index in [-0.39, 0.29) is 5.91 Å². The Morgan fingerprint density at radius 3 is 2.38 bits per heavy atom. The molecule has 1 amide bonds. The van der Waals surface area contributed by atoms with Crippen molar-refractivity contribution in [1.82, 2.24) is 9.21 Å². The van der Waals surface area contributed by atoms with Gasteiger partial charge in [-0.25, -0.2) is 13.2 Å². The number of carbonyl (C=O) groups excluding carboxylic acids is 1. The first kappa shape index (κ1) is 22.0. The highest BCUT2D eigenvalue weighted by atomic mass is 32.2. The molecule has 2 heterocycles. The number of hydrogen-bond acceptors (Lipinski definition) is 6. The second-order valence-corrected chi connectivity index (χ2v) is 9.83. The molecular weight excluding hydrogens is 432 g/mol. The molecule has 2 aromatic carbocycles. The van der Waals surface area contributed by atoms with Gasteiger partial charge in [-0.05, 0) is 42.3 Å². The van der Waals surface area contributed by atoms with Gasteiger partial charge < -0.3 is 14.1 Å². The van der Waals surface area contributed by atoms with Gasteiger partial charge in [-0.1, -0.05) is 12.1 Å². The summed E-state index contributed by atoms with van der Waals surface area (Å²) >= 11 is 0. The maximum absolute atomic E-state index is 12.7. The Balaban J connectivity index is 1.37. The summed E-state index contributed by atoms with van der Waals surface area (Å²) in [5.74, 6) is 0.459. The zero-order valence-corrected chi connectivity index (χ0v) is 18.7. The predicted molar refractivity (Wildman–Crippen MR) is 120 cm³/mol. The van der Waals surface area contributed by atoms with E-state index in [1.54, 1.807) is 23.1 Å². The summed E-state index contributed by atoms with van der Waals surface area (Å²) in [5.41, 5.74) is 2.36. The van der Waals surface area contributed by atoms with Crippen LogP contribution in [0, 0.1) is 6.92 Å². The van der Waals surface area contributed by atoms with Crippen molar-refractivity contribution >= 4 is 26.9 Å². The number of aryl methyl sites for hydroxylation is 1. The Morgan fingerprint density at radius 1 is 1.03 bits per heavy atom. The molecule has 9 heteroatoms. The molecule has 1 aromatic heterocycles. The molecular formula is C23H24N2O6S. The van der Waals surface area contributed by atoms with Gasteiger partial charge >= 0.3 is 5.63 Å². The second-order valence-electron chi connectivity index (χ2n) is 7.85. The third-order valence-electron chi connectivity index (χ3n) is 5.52. The van der Waals surface area contributed by atoms with Crippen LogP contribution in [0.1, 0.15) is 21.5 Å². The van der Waals surface area contributed by atoms with Gasteiger partial charge in [-0.3, -0.25) is 4.79 Å². The van der Waals surface area contributed by atoms with Crippen LogP contribution >= 0.6 is 0 Å². The average molecular weight is 457 g/mol. The molecule has 3 aromatic rings. The summed E-state index contributed by atoms with van der Waals surface area (Å²) in [6, 6.07) is 14.0. The van der Waals surface area contributed by atoms with E-state index in [0.29, 0.717) is 49.7 Å². The highest BCUT2D eigenvalue weighted by molar-refractivity contribution is 7.88. The molecule has 0 N–H and O–H groups in total. The number of hydrogen-bond donors (Lipinski definition) is 0. The SMILES string of the molecule is Cc1cc(=O)oc2cc(OCc3ccc(C(=O)N4CCN(S(C)(=O)=O)CC4)cc3)ccc12. The number of piperazine rings is 1. The smallest absolute Gasteiger partial charge is 0.336 e. The minimum absolute atomic E-state index is 0.120. The van der Waals surface area contributed by atoms with E-state index in [0.717, 1.165) is 16.5 Å². The van der Waals surface area contributed by atoms with E-state index < -0.39 is 15.6 Å². The third-order valence-corrected chi connectivity index (χ3v) is 6.83. The van der Waals surface area contributed by atoms with Crippen molar-refractivity contribution in [2.75, 3.05) is 32.4 Å². The zero-order valence-electron chi connectivity index (χ0n) is 17.9. The first-order valence-electron chi connectivity index (χ1n) is 10.2. The van der Waals surface area contributed by atoms with Crippen LogP contribution in [0.25, 0.3) is 11.0 Å². The van der Waals surface area contributed by atoms with Gasteiger partial charge in [-0.15, -0.1) is 0 Å². The van der Waals surface area contributed by atoms with Crippen LogP contribution in [0.5, 0.6) is 5.75 Å². The molecule has 168 valence electrons. The lowest BCUT2D eigenvalue weighted by atomic mass is 10.1. The van der Waals surface area contributed by atoms with Crippen molar-refractivity contribution < 1.29 is 22.4 Å². The number of ether oxygens (including phenoxy) is 1. The summed E-state index contributed by atoms with van der Waals surface area (Å²) in [7, 11) is -3.23. The minimum Gasteiger partial charge on any atom is -0.489 e. The molecule has 0 unspecified atom stereocenters. The van der Waals surface area contributed by atoms with Crippen molar-refractivity contribution in [1.29, 1.82) is 0 Å². The average Bonchev–Trinajstić information content (AvgIpc) is 2.76. The molecule has 0 radical (unpaired) electrons. The van der Waals surface area contributed by atoms with Crippen LogP contribution in [0.3, 0.4) is 0 Å². The van der Waals surface area contributed by atoms with Crippen molar-refractivity contribution in [3.8, 4) is 5.75 Å². The van der Waals surface area contributed by atoms with Crippen molar-refractivity contribution in [2.24, 2.45) is 0 Å². The largest absolute Gasteiger partial charge is 0.489 e. The fourth-order valence-corrected chi connectivity index (χ4v) is 4.54. The highest BCUT2D eigenvalue weighted by Crippen LogP contribution is 2.23. The summed E-state index contributed by atoms with van der Waals surface area (Å²) < 4.78 is 35.7. The molecule has 32 heavy (non-hydrogen) atoms. The standard InChI is InChI=1S/C23H24N2O6S/c1-16-13-22(26)31-21-14-19(7-8-20(16)21)30-15-17-3-5-18(6-4-17)23(27)24-9-11-25(12-10-24)32(2,28)29/h3-8,13-14H,9-12,15H2,1-2H3. The molecule has 8 nitrogen and oxygen atoms in total. The molecule has 1 aliphatic heterocycles. The van der Waals surface area contributed by atoms with Crippen LogP contribution in [0.2, 0.25) is 0 Å². The Kier molecular flexibility index (Phi) is 6.03. The summed E-state index contributed by atoms with van der Waals surface area (Å²) in [4.78, 5) is 26.0. The number of fused-ring (bicyclic) bond motifs is 1. The lowest BCUT2D eigenvalue weighted by Crippen LogP contribution is -2.50. The first-order valence-corrected chi connectivity index (χ1v) is 12.1. The van der Waals surface area contributed by atoms with Gasteiger partial charge in [0.15, 0.2) is 0 Å². The Labute approximate surface area is 186 Å². The van der Waals surface area contributed by atoms with Crippen LogP contribution < -0.4 is 10.4 Å². The molecule has 1 saturated heterocycles. The lowest BCUT2D eigenvalue weighted by molar-refractivity contribution is 0.0698. The molecule has 0 bridgehead atoms. The summed E-state index contributed by atoms with van der Waals surface area (Å²) in [6.07, 6.45) is 1.18. The van der Waals surface area contributed by atoms with Crippen LogP contribution in [0.15, 0.2) is 57.7 Å². The Morgan fingerprint density at radius 2 is 1.72 bits per heavy atom. The van der Waals surface area contributed by atoms with E-state index in [1.165, 1.54) is 16.6 Å². The monoisotopic (exact) mass is 456 g/mol. The van der Waals surface area contributed by atoms with Gasteiger partial charge in [0, 0.05) is 49.3 Å². The molecule has 1 fully saturated rings. The minimum atomic E-state index is -3.23. The van der Waals surface area contributed by atoms with E-state index >= 15 is 0 Å². The normalized spacial score (nSPS) is 15.1. The number of benzene rings is 2. The topological polar surface area (TPSA) is 97.1 Å². The second kappa shape index (κ2) is 8.76. The number of nitrogens with zero attached hydrogens (tertiary/aromatic N) is 2. The van der Waals surface area contributed by atoms with Crippen LogP contribution in [-0.4, -0.2) is 56.0 Å². The third kappa shape index (κ3) is 4.84. The quantitative estimate of drug-likeness (QED) is 0.547. The predicted octanol–water partition coefficient (Wildman–Crippen LogP) is 2.40. The van der Waals surface area contributed by atoms with Gasteiger partial charge in [-0.2, -0.15) is 4.31 Å². The van der Waals surface area contributed by atoms with Crippen molar-refractivity contribution in [3.05, 3.63) is 75.6 Å². The lowest BCUT2D eigenvalue weighted by Gasteiger charge is -2.33. The van der Waals surface area contributed by atoms with Gasteiger partial charge in [0.25, 0.3) is 5.91 Å². The summed E-state index contributed by atoms with van der Waals surface area (Å²) in [5, 5.41) is 0.859. The van der Waals surface area contributed by atoms with E-state index in [9.17, 15) is 18.0 Å². The summed E-state index contributed by atoms with van der Waals surface area (Å²) in [6.45, 7) is 3.50. The van der Waals surface area contributed by atoms with Gasteiger partial charge in [0.1, 0.15) is 17.9 Å². The zero-order chi connectivity index (χ0) is 22.9. The van der Waals surface area contributed by atoms with Crippen LogP contribution in [-0.2, 0) is 16.6 Å². The van der Waals surface area contributed by atoms with E-state index in [1.807, 2.05) is 31.2 Å². The molecule has 0 atom stereocenters. The molecule has 4 rings (SSSR count). The Hall–Kier alpha value is -3.17. The fourth-order valence-electron chi connectivity index (χ4n) is 3.71. The van der Waals surface area contributed by atoms with Gasteiger partial charge in [0.05, 0.1) is 6.26 Å². The van der Waals surface area contributed by atoms with E-state index in [2.05, 4.69) is 0 Å². The number of sulfonamides is 1. The highest BCUT2D eigenvalue weighted by Gasteiger charge is 2.26.